The van der Waals surface area contributed by atoms with E-state index in [1.54, 1.807) is 4.90 Å². The predicted octanol–water partition coefficient (Wildman–Crippen LogP) is 1.42. The Labute approximate surface area is 90.8 Å². The van der Waals surface area contributed by atoms with Crippen molar-refractivity contribution in [3.05, 3.63) is 0 Å². The minimum absolute atomic E-state index is 0.0221. The molecule has 1 heterocycles. The van der Waals surface area contributed by atoms with E-state index in [9.17, 15) is 4.79 Å². The van der Waals surface area contributed by atoms with Crippen LogP contribution in [-0.4, -0.2) is 35.4 Å². The molecule has 1 aliphatic rings. The molecule has 1 fully saturated rings. The van der Waals surface area contributed by atoms with Gasteiger partial charge < -0.3 is 4.90 Å². The van der Waals surface area contributed by atoms with Gasteiger partial charge in [0.15, 0.2) is 0 Å². The van der Waals surface area contributed by atoms with Gasteiger partial charge in [0.2, 0.25) is 5.91 Å². The topological polar surface area (TPSA) is 32.3 Å². The molecule has 1 N–H and O–H groups in total. The lowest BCUT2D eigenvalue weighted by Crippen LogP contribution is -2.49. The number of nitrogens with one attached hydrogen (secondary N) is 1. The van der Waals surface area contributed by atoms with Crippen molar-refractivity contribution in [1.29, 1.82) is 0 Å². The van der Waals surface area contributed by atoms with Crippen LogP contribution < -0.4 is 5.32 Å². The molecular formula is C10H19ClN2O. The monoisotopic (exact) mass is 218 g/mol. The molecule has 0 spiro atoms. The molecule has 1 amide bonds. The summed E-state index contributed by atoms with van der Waals surface area (Å²) in [6.07, 6.45) is 0.0544. The van der Waals surface area contributed by atoms with Crippen LogP contribution in [0.3, 0.4) is 0 Å². The predicted molar refractivity (Wildman–Crippen MR) is 58.3 cm³/mol. The maximum atomic E-state index is 11.9. The Kier molecular flexibility index (Phi) is 2.85. The molecule has 1 saturated heterocycles. The van der Waals surface area contributed by atoms with Gasteiger partial charge in [-0.2, -0.15) is 0 Å². The Morgan fingerprint density at radius 1 is 1.57 bits per heavy atom. The van der Waals surface area contributed by atoms with Crippen LogP contribution >= 0.6 is 11.6 Å². The summed E-state index contributed by atoms with van der Waals surface area (Å²) in [5.41, 5.74) is -0.581. The lowest BCUT2D eigenvalue weighted by molar-refractivity contribution is -0.131. The van der Waals surface area contributed by atoms with Crippen LogP contribution in [0.5, 0.6) is 0 Å². The number of hydrogen-bond acceptors (Lipinski definition) is 2. The summed E-state index contributed by atoms with van der Waals surface area (Å²) >= 11 is 5.81. The second-order valence-corrected chi connectivity index (χ2v) is 5.56. The smallest absolute Gasteiger partial charge is 0.244 e. The molecule has 4 heteroatoms. The van der Waals surface area contributed by atoms with Gasteiger partial charge in [0.1, 0.15) is 5.54 Å². The van der Waals surface area contributed by atoms with E-state index in [4.69, 9.17) is 11.6 Å². The lowest BCUT2D eigenvalue weighted by atomic mass is 9.92. The van der Waals surface area contributed by atoms with Gasteiger partial charge in [-0.25, -0.2) is 0 Å². The number of carbonyl (C=O) groups is 1. The fourth-order valence-electron chi connectivity index (χ4n) is 1.86. The van der Waals surface area contributed by atoms with E-state index in [1.165, 1.54) is 0 Å². The van der Waals surface area contributed by atoms with Crippen LogP contribution in [-0.2, 0) is 4.79 Å². The number of alkyl halides is 1. The average Bonchev–Trinajstić information content (AvgIpc) is 2.30. The van der Waals surface area contributed by atoms with Crippen LogP contribution in [0.4, 0.5) is 0 Å². The van der Waals surface area contributed by atoms with Crippen LogP contribution in [0.15, 0.2) is 0 Å². The van der Waals surface area contributed by atoms with Crippen molar-refractivity contribution in [2.75, 3.05) is 12.9 Å². The van der Waals surface area contributed by atoms with Gasteiger partial charge >= 0.3 is 0 Å². The molecule has 14 heavy (non-hydrogen) atoms. The van der Waals surface area contributed by atoms with Gasteiger partial charge in [-0.3, -0.25) is 10.1 Å². The van der Waals surface area contributed by atoms with Crippen molar-refractivity contribution >= 4 is 17.5 Å². The van der Waals surface area contributed by atoms with Gasteiger partial charge in [-0.05, 0) is 12.3 Å². The maximum Gasteiger partial charge on any atom is 0.244 e. The van der Waals surface area contributed by atoms with Gasteiger partial charge in [0, 0.05) is 12.9 Å². The van der Waals surface area contributed by atoms with Gasteiger partial charge in [0.05, 0.1) is 6.17 Å². The van der Waals surface area contributed by atoms with Crippen LogP contribution in [0.25, 0.3) is 0 Å². The van der Waals surface area contributed by atoms with E-state index in [2.05, 4.69) is 26.1 Å². The van der Waals surface area contributed by atoms with Crippen LogP contribution in [0, 0.1) is 5.41 Å². The van der Waals surface area contributed by atoms with Gasteiger partial charge in [0.25, 0.3) is 0 Å². The number of rotatable bonds is 1. The largest absolute Gasteiger partial charge is 0.328 e. The molecule has 0 unspecified atom stereocenters. The standard InChI is InChI=1S/C10H19ClN2O/c1-9(2,3)7-12-10(4,6-11)8(14)13(7)5/h7,12H,6H2,1-5H3/t7-,10-/m1/s1. The first-order chi connectivity index (χ1) is 6.22. The summed E-state index contributed by atoms with van der Waals surface area (Å²) in [4.78, 5) is 13.6. The Hall–Kier alpha value is -0.280. The average molecular weight is 219 g/mol. The zero-order valence-corrected chi connectivity index (χ0v) is 10.3. The molecule has 3 nitrogen and oxygen atoms in total. The molecule has 0 aliphatic carbocycles. The first-order valence-corrected chi connectivity index (χ1v) is 5.37. The summed E-state index contributed by atoms with van der Waals surface area (Å²) in [7, 11) is 1.82. The molecule has 0 aromatic carbocycles. The second-order valence-electron chi connectivity index (χ2n) is 5.29. The van der Waals surface area contributed by atoms with E-state index in [1.807, 2.05) is 14.0 Å². The van der Waals surface area contributed by atoms with Crippen LogP contribution in [0.2, 0.25) is 0 Å². The quantitative estimate of drug-likeness (QED) is 0.676. The van der Waals surface area contributed by atoms with Crippen molar-refractivity contribution in [2.45, 2.75) is 39.4 Å². The fourth-order valence-corrected chi connectivity index (χ4v) is 2.05. The third kappa shape index (κ3) is 1.75. The number of halogens is 1. The van der Waals surface area contributed by atoms with Crippen molar-refractivity contribution in [3.8, 4) is 0 Å². The van der Waals surface area contributed by atoms with Crippen molar-refractivity contribution in [1.82, 2.24) is 10.2 Å². The molecule has 1 aliphatic heterocycles. The molecule has 0 radical (unpaired) electrons. The molecule has 2 atom stereocenters. The Balaban J connectivity index is 2.93. The highest BCUT2D eigenvalue weighted by molar-refractivity contribution is 6.20. The molecule has 0 bridgehead atoms. The zero-order valence-electron chi connectivity index (χ0n) is 9.52. The van der Waals surface area contributed by atoms with E-state index in [-0.39, 0.29) is 17.5 Å². The Morgan fingerprint density at radius 2 is 2.07 bits per heavy atom. The second kappa shape index (κ2) is 3.38. The SMILES string of the molecule is CN1C(=O)[C@@](C)(CCl)N[C@H]1C(C)(C)C. The maximum absolute atomic E-state index is 11.9. The highest BCUT2D eigenvalue weighted by Gasteiger charge is 2.49. The van der Waals surface area contributed by atoms with Gasteiger partial charge in [-0.15, -0.1) is 11.6 Å². The minimum atomic E-state index is -0.603. The summed E-state index contributed by atoms with van der Waals surface area (Å²) in [6.45, 7) is 8.17. The Morgan fingerprint density at radius 3 is 2.29 bits per heavy atom. The number of carbonyl (C=O) groups excluding carboxylic acids is 1. The molecule has 0 aromatic heterocycles. The third-order valence-corrected chi connectivity index (χ3v) is 3.26. The van der Waals surface area contributed by atoms with E-state index in [0.717, 1.165) is 0 Å². The van der Waals surface area contributed by atoms with Crippen LogP contribution in [0.1, 0.15) is 27.7 Å². The van der Waals surface area contributed by atoms with Crippen molar-refractivity contribution < 1.29 is 4.79 Å². The van der Waals surface area contributed by atoms with E-state index >= 15 is 0 Å². The normalized spacial score (nSPS) is 34.0. The van der Waals surface area contributed by atoms with Gasteiger partial charge in [-0.1, -0.05) is 20.8 Å². The molecule has 82 valence electrons. The fraction of sp³-hybridized carbons (Fsp3) is 0.900. The highest BCUT2D eigenvalue weighted by Crippen LogP contribution is 2.30. The summed E-state index contributed by atoms with van der Waals surface area (Å²) in [5.74, 6) is 0.385. The Bertz CT molecular complexity index is 249. The molecule has 1 rings (SSSR count). The lowest BCUT2D eigenvalue weighted by Gasteiger charge is -2.32. The number of likely N-dealkylation sites (N-methyl/N-ethyl adjacent to an activating group) is 1. The number of amides is 1. The summed E-state index contributed by atoms with van der Waals surface area (Å²) in [5, 5.41) is 3.30. The van der Waals surface area contributed by atoms with Crippen molar-refractivity contribution in [2.24, 2.45) is 5.41 Å². The van der Waals surface area contributed by atoms with E-state index < -0.39 is 5.54 Å². The number of nitrogens with zero attached hydrogens (tertiary/aromatic N) is 1. The summed E-state index contributed by atoms with van der Waals surface area (Å²) < 4.78 is 0. The highest BCUT2D eigenvalue weighted by atomic mass is 35.5. The first kappa shape index (κ1) is 11.8. The molecule has 0 saturated carbocycles. The molecular weight excluding hydrogens is 200 g/mol. The van der Waals surface area contributed by atoms with E-state index in [0.29, 0.717) is 5.88 Å². The first-order valence-electron chi connectivity index (χ1n) is 4.83. The number of hydrogen-bond donors (Lipinski definition) is 1. The minimum Gasteiger partial charge on any atom is -0.328 e. The summed E-state index contributed by atoms with van der Waals surface area (Å²) in [6, 6.07) is 0. The third-order valence-electron chi connectivity index (χ3n) is 2.72. The van der Waals surface area contributed by atoms with Crippen molar-refractivity contribution in [3.63, 3.8) is 0 Å². The molecule has 0 aromatic rings. The zero-order chi connectivity index (χ0) is 11.1.